The maximum atomic E-state index is 12.7. The Morgan fingerprint density at radius 2 is 1.93 bits per heavy atom. The van der Waals surface area contributed by atoms with E-state index in [1.165, 1.54) is 4.90 Å². The number of hydrogen-bond donors (Lipinski definition) is 1. The second kappa shape index (κ2) is 8.20. The molecule has 27 heavy (non-hydrogen) atoms. The van der Waals surface area contributed by atoms with Gasteiger partial charge in [0, 0.05) is 31.9 Å². The predicted octanol–water partition coefficient (Wildman–Crippen LogP) is 2.18. The van der Waals surface area contributed by atoms with Crippen molar-refractivity contribution in [1.29, 1.82) is 0 Å². The first-order valence-electron chi connectivity index (χ1n) is 9.31. The quantitative estimate of drug-likeness (QED) is 0.851. The van der Waals surface area contributed by atoms with Crippen LogP contribution in [0.15, 0.2) is 42.5 Å². The van der Waals surface area contributed by atoms with Crippen LogP contribution in [-0.2, 0) is 14.4 Å². The van der Waals surface area contributed by atoms with Gasteiger partial charge in [0.2, 0.25) is 17.7 Å². The molecule has 0 aliphatic carbocycles. The summed E-state index contributed by atoms with van der Waals surface area (Å²) in [5, 5.41) is 4.81. The van der Waals surface area contributed by atoms with E-state index in [0.717, 1.165) is 22.9 Å². The number of nitrogens with zero attached hydrogens (tertiary/aromatic N) is 2. The normalized spacial score (nSPS) is 16.6. The van der Waals surface area contributed by atoms with Gasteiger partial charge in [-0.05, 0) is 17.9 Å². The summed E-state index contributed by atoms with van der Waals surface area (Å²) < 4.78 is 0. The van der Waals surface area contributed by atoms with Gasteiger partial charge in [-0.15, -0.1) is 0 Å². The molecule has 2 aromatic rings. The second-order valence-electron chi connectivity index (χ2n) is 6.95. The predicted molar refractivity (Wildman–Crippen MR) is 105 cm³/mol. The van der Waals surface area contributed by atoms with E-state index in [9.17, 15) is 14.4 Å². The van der Waals surface area contributed by atoms with Crippen LogP contribution in [-0.4, -0.2) is 49.3 Å². The fraction of sp³-hybridized carbons (Fsp3) is 0.381. The second-order valence-corrected chi connectivity index (χ2v) is 6.95. The first-order valence-corrected chi connectivity index (χ1v) is 9.31. The molecule has 1 fully saturated rings. The Kier molecular flexibility index (Phi) is 5.74. The van der Waals surface area contributed by atoms with Crippen molar-refractivity contribution in [1.82, 2.24) is 10.2 Å². The van der Waals surface area contributed by atoms with E-state index < -0.39 is 5.92 Å². The third kappa shape index (κ3) is 4.10. The van der Waals surface area contributed by atoms with Gasteiger partial charge in [0.05, 0.1) is 18.2 Å². The average molecular weight is 367 g/mol. The van der Waals surface area contributed by atoms with Crippen LogP contribution in [0.5, 0.6) is 0 Å². The molecule has 1 heterocycles. The molecule has 2 aromatic carbocycles. The molecule has 0 spiro atoms. The van der Waals surface area contributed by atoms with Gasteiger partial charge >= 0.3 is 0 Å². The molecule has 142 valence electrons. The summed E-state index contributed by atoms with van der Waals surface area (Å²) in [5.41, 5.74) is 0.830. The van der Waals surface area contributed by atoms with Crippen LogP contribution in [0.4, 0.5) is 5.69 Å². The van der Waals surface area contributed by atoms with E-state index in [2.05, 4.69) is 5.32 Å². The van der Waals surface area contributed by atoms with Gasteiger partial charge in [0.15, 0.2) is 0 Å². The zero-order chi connectivity index (χ0) is 19.4. The van der Waals surface area contributed by atoms with Gasteiger partial charge in [-0.3, -0.25) is 14.4 Å². The number of rotatable bonds is 6. The van der Waals surface area contributed by atoms with Gasteiger partial charge < -0.3 is 15.1 Å². The first-order chi connectivity index (χ1) is 13.0. The smallest absolute Gasteiger partial charge is 0.239 e. The average Bonchev–Trinajstić information content (AvgIpc) is 3.06. The van der Waals surface area contributed by atoms with E-state index >= 15 is 0 Å². The van der Waals surface area contributed by atoms with Gasteiger partial charge in [0.25, 0.3) is 0 Å². The van der Waals surface area contributed by atoms with Crippen molar-refractivity contribution >= 4 is 34.2 Å². The molecule has 1 unspecified atom stereocenters. The van der Waals surface area contributed by atoms with Crippen LogP contribution in [0.1, 0.15) is 19.8 Å². The summed E-state index contributed by atoms with van der Waals surface area (Å²) >= 11 is 0. The lowest BCUT2D eigenvalue weighted by atomic mass is 10.1. The Balaban J connectivity index is 1.71. The van der Waals surface area contributed by atoms with Crippen molar-refractivity contribution in [2.24, 2.45) is 5.92 Å². The molecule has 1 aliphatic rings. The lowest BCUT2D eigenvalue weighted by molar-refractivity contribution is -0.138. The van der Waals surface area contributed by atoms with Crippen LogP contribution in [0.3, 0.4) is 0 Å². The number of nitrogens with one attached hydrogen (secondary N) is 1. The van der Waals surface area contributed by atoms with E-state index in [4.69, 9.17) is 0 Å². The maximum absolute atomic E-state index is 12.7. The summed E-state index contributed by atoms with van der Waals surface area (Å²) in [6, 6.07) is 13.7. The fourth-order valence-electron chi connectivity index (χ4n) is 3.47. The van der Waals surface area contributed by atoms with Crippen molar-refractivity contribution in [3.05, 3.63) is 42.5 Å². The van der Waals surface area contributed by atoms with Crippen LogP contribution >= 0.6 is 0 Å². The molecule has 1 aliphatic heterocycles. The summed E-state index contributed by atoms with van der Waals surface area (Å²) in [5.74, 6) is -0.838. The van der Waals surface area contributed by atoms with Crippen LogP contribution in [0, 0.1) is 5.92 Å². The number of anilines is 1. The van der Waals surface area contributed by atoms with Crippen molar-refractivity contribution < 1.29 is 14.4 Å². The molecule has 0 aromatic heterocycles. The summed E-state index contributed by atoms with van der Waals surface area (Å²) in [6.45, 7) is 2.92. The maximum Gasteiger partial charge on any atom is 0.239 e. The molecule has 1 atom stereocenters. The Morgan fingerprint density at radius 1 is 1.19 bits per heavy atom. The summed E-state index contributed by atoms with van der Waals surface area (Å²) in [4.78, 5) is 40.3. The van der Waals surface area contributed by atoms with Gasteiger partial charge in [-0.1, -0.05) is 43.3 Å². The highest BCUT2D eigenvalue weighted by Crippen LogP contribution is 2.32. The lowest BCUT2D eigenvalue weighted by Crippen LogP contribution is -2.41. The molecule has 0 bridgehead atoms. The molecule has 3 rings (SSSR count). The zero-order valence-corrected chi connectivity index (χ0v) is 15.8. The topological polar surface area (TPSA) is 69.7 Å². The number of hydrogen-bond acceptors (Lipinski definition) is 3. The largest absolute Gasteiger partial charge is 0.355 e. The molecule has 6 heteroatoms. The van der Waals surface area contributed by atoms with Gasteiger partial charge in [-0.2, -0.15) is 0 Å². The van der Waals surface area contributed by atoms with Crippen molar-refractivity contribution in [2.75, 3.05) is 31.6 Å². The Labute approximate surface area is 159 Å². The Hall–Kier alpha value is -2.89. The van der Waals surface area contributed by atoms with Crippen molar-refractivity contribution in [2.45, 2.75) is 19.8 Å². The van der Waals surface area contributed by atoms with Crippen LogP contribution < -0.4 is 10.2 Å². The number of benzene rings is 2. The number of amides is 3. The molecule has 3 amide bonds. The lowest BCUT2D eigenvalue weighted by Gasteiger charge is -2.22. The molecule has 1 N–H and O–H groups in total. The standard InChI is InChI=1S/C21H25N3O3/c1-3-11-22-19(25)14-23(2)21(27)16-12-20(26)24(13-16)18-10-6-8-15-7-4-5-9-17(15)18/h4-10,16H,3,11-14H2,1-2H3,(H,22,25). The number of fused-ring (bicyclic) bond motifs is 1. The highest BCUT2D eigenvalue weighted by molar-refractivity contribution is 6.07. The minimum Gasteiger partial charge on any atom is -0.355 e. The number of carbonyl (C=O) groups excluding carboxylic acids is 3. The third-order valence-electron chi connectivity index (χ3n) is 4.86. The fourth-order valence-corrected chi connectivity index (χ4v) is 3.47. The highest BCUT2D eigenvalue weighted by Gasteiger charge is 2.37. The van der Waals surface area contributed by atoms with E-state index in [-0.39, 0.29) is 30.7 Å². The summed E-state index contributed by atoms with van der Waals surface area (Å²) in [7, 11) is 1.61. The van der Waals surface area contributed by atoms with Gasteiger partial charge in [-0.25, -0.2) is 0 Å². The SMILES string of the molecule is CCCNC(=O)CN(C)C(=O)C1CC(=O)N(c2cccc3ccccc23)C1. The molecular formula is C21H25N3O3. The van der Waals surface area contributed by atoms with E-state index in [1.54, 1.807) is 11.9 Å². The first kappa shape index (κ1) is 18.9. The Bertz CT molecular complexity index is 859. The third-order valence-corrected chi connectivity index (χ3v) is 4.86. The van der Waals surface area contributed by atoms with Gasteiger partial charge in [0.1, 0.15) is 0 Å². The Morgan fingerprint density at radius 3 is 2.70 bits per heavy atom. The minimum atomic E-state index is -0.430. The minimum absolute atomic E-state index is 0.0117. The molecule has 0 radical (unpaired) electrons. The van der Waals surface area contributed by atoms with E-state index in [0.29, 0.717) is 13.1 Å². The molecule has 1 saturated heterocycles. The van der Waals surface area contributed by atoms with Crippen LogP contribution in [0.25, 0.3) is 10.8 Å². The number of carbonyl (C=O) groups is 3. The van der Waals surface area contributed by atoms with Crippen LogP contribution in [0.2, 0.25) is 0 Å². The van der Waals surface area contributed by atoms with E-state index in [1.807, 2.05) is 49.4 Å². The molecule has 0 saturated carbocycles. The zero-order valence-electron chi connectivity index (χ0n) is 15.8. The summed E-state index contributed by atoms with van der Waals surface area (Å²) in [6.07, 6.45) is 1.02. The van der Waals surface area contributed by atoms with Crippen molar-refractivity contribution in [3.63, 3.8) is 0 Å². The molecule has 6 nitrogen and oxygen atoms in total. The van der Waals surface area contributed by atoms with Crippen molar-refractivity contribution in [3.8, 4) is 0 Å². The monoisotopic (exact) mass is 367 g/mol. The highest BCUT2D eigenvalue weighted by atomic mass is 16.2. The molecular weight excluding hydrogens is 342 g/mol. The number of likely N-dealkylation sites (N-methyl/N-ethyl adjacent to an activating group) is 1.